The number of alkyl halides is 2. The number of amides is 1. The zero-order chi connectivity index (χ0) is 21.4. The summed E-state index contributed by atoms with van der Waals surface area (Å²) in [5.74, 6) is -2.57. The lowest BCUT2D eigenvalue weighted by Crippen LogP contribution is -2.58. The molecule has 1 aromatic carbocycles. The van der Waals surface area contributed by atoms with E-state index in [4.69, 9.17) is 11.6 Å². The third-order valence-corrected chi connectivity index (χ3v) is 7.57. The number of anilines is 1. The summed E-state index contributed by atoms with van der Waals surface area (Å²) in [4.78, 5) is 15.0. The number of hydrogen-bond donors (Lipinski definition) is 1. The van der Waals surface area contributed by atoms with Crippen molar-refractivity contribution in [2.75, 3.05) is 25.0 Å². The van der Waals surface area contributed by atoms with Crippen LogP contribution in [0.2, 0.25) is 5.02 Å². The van der Waals surface area contributed by atoms with Crippen LogP contribution in [-0.2, 0) is 4.79 Å². The number of hydrogen-bond acceptors (Lipinski definition) is 2. The van der Waals surface area contributed by atoms with Gasteiger partial charge in [0.2, 0.25) is 11.8 Å². The fourth-order valence-electron chi connectivity index (χ4n) is 5.49. The summed E-state index contributed by atoms with van der Waals surface area (Å²) in [7, 11) is 0. The van der Waals surface area contributed by atoms with E-state index in [-0.39, 0.29) is 29.7 Å². The normalized spacial score (nSPS) is 24.5. The van der Waals surface area contributed by atoms with E-state index in [2.05, 4.69) is 10.2 Å². The van der Waals surface area contributed by atoms with Crippen molar-refractivity contribution in [1.29, 1.82) is 0 Å². The average Bonchev–Trinajstić information content (AvgIpc) is 2.65. The summed E-state index contributed by atoms with van der Waals surface area (Å²) in [6, 6.07) is 4.06. The molecule has 3 nitrogen and oxygen atoms in total. The van der Waals surface area contributed by atoms with Gasteiger partial charge in [0.1, 0.15) is 5.82 Å². The van der Waals surface area contributed by atoms with Crippen LogP contribution >= 0.6 is 11.6 Å². The van der Waals surface area contributed by atoms with Crippen LogP contribution in [0.5, 0.6) is 0 Å². The van der Waals surface area contributed by atoms with Gasteiger partial charge in [0.15, 0.2) is 0 Å². The molecular weight excluding hydrogens is 413 g/mol. The second-order valence-corrected chi connectivity index (χ2v) is 10.2. The first-order valence-electron chi connectivity index (χ1n) is 11.1. The maximum absolute atomic E-state index is 13.5. The van der Waals surface area contributed by atoms with Crippen molar-refractivity contribution >= 4 is 23.2 Å². The van der Waals surface area contributed by atoms with Gasteiger partial charge in [-0.2, -0.15) is 0 Å². The second-order valence-electron chi connectivity index (χ2n) is 9.72. The Morgan fingerprint density at radius 2 is 1.73 bits per heavy atom. The fourth-order valence-corrected chi connectivity index (χ4v) is 5.71. The van der Waals surface area contributed by atoms with Crippen LogP contribution in [0.15, 0.2) is 18.2 Å². The molecule has 0 aromatic heterocycles. The number of rotatable bonds is 5. The number of carbonyl (C=O) groups is 1. The highest BCUT2D eigenvalue weighted by molar-refractivity contribution is 6.30. The maximum Gasteiger partial charge on any atom is 0.248 e. The topological polar surface area (TPSA) is 32.3 Å². The summed E-state index contributed by atoms with van der Waals surface area (Å²) < 4.78 is 40.0. The van der Waals surface area contributed by atoms with E-state index in [1.807, 2.05) is 0 Å². The van der Waals surface area contributed by atoms with Crippen LogP contribution in [0.4, 0.5) is 18.9 Å². The van der Waals surface area contributed by atoms with Crippen molar-refractivity contribution in [3.63, 3.8) is 0 Å². The highest BCUT2D eigenvalue weighted by Crippen LogP contribution is 2.46. The largest absolute Gasteiger partial charge is 0.326 e. The summed E-state index contributed by atoms with van der Waals surface area (Å²) in [5.41, 5.74) is 0.721. The zero-order valence-corrected chi connectivity index (χ0v) is 18.0. The van der Waals surface area contributed by atoms with E-state index in [0.717, 1.165) is 51.7 Å². The molecule has 1 aromatic rings. The number of halogens is 4. The van der Waals surface area contributed by atoms with Crippen molar-refractivity contribution in [2.45, 2.75) is 63.7 Å². The Bertz CT molecular complexity index is 741. The van der Waals surface area contributed by atoms with Crippen molar-refractivity contribution in [3.05, 3.63) is 29.0 Å². The van der Waals surface area contributed by atoms with E-state index in [9.17, 15) is 18.0 Å². The van der Waals surface area contributed by atoms with Gasteiger partial charge < -0.3 is 10.2 Å². The van der Waals surface area contributed by atoms with Crippen LogP contribution in [-0.4, -0.2) is 36.4 Å². The Hall–Kier alpha value is -1.27. The Morgan fingerprint density at radius 3 is 2.37 bits per heavy atom. The highest BCUT2D eigenvalue weighted by atomic mass is 35.5. The molecule has 1 saturated heterocycles. The number of benzene rings is 1. The third-order valence-electron chi connectivity index (χ3n) is 7.36. The molecule has 0 radical (unpaired) electrons. The monoisotopic (exact) mass is 442 g/mol. The molecule has 0 atom stereocenters. The van der Waals surface area contributed by atoms with Crippen molar-refractivity contribution < 1.29 is 18.0 Å². The molecule has 1 spiro atoms. The summed E-state index contributed by atoms with van der Waals surface area (Å²) in [6.45, 7) is 3.12. The van der Waals surface area contributed by atoms with Gasteiger partial charge in [-0.1, -0.05) is 11.6 Å². The number of carbonyl (C=O) groups excluding carboxylic acids is 1. The molecular formula is C23H30ClF3N2O. The van der Waals surface area contributed by atoms with Gasteiger partial charge in [-0.3, -0.25) is 4.79 Å². The zero-order valence-electron chi connectivity index (χ0n) is 17.2. The minimum Gasteiger partial charge on any atom is -0.326 e. The van der Waals surface area contributed by atoms with Crippen molar-refractivity contribution in [1.82, 2.24) is 4.90 Å². The molecule has 30 heavy (non-hydrogen) atoms. The number of nitrogens with one attached hydrogen (secondary N) is 1. The van der Waals surface area contributed by atoms with Crippen LogP contribution in [0, 0.1) is 23.1 Å². The molecule has 4 rings (SSSR count). The smallest absolute Gasteiger partial charge is 0.248 e. The van der Waals surface area contributed by atoms with E-state index >= 15 is 0 Å². The first-order chi connectivity index (χ1) is 14.2. The van der Waals surface area contributed by atoms with Gasteiger partial charge in [0, 0.05) is 42.6 Å². The fraction of sp³-hybridized carbons (Fsp3) is 0.696. The van der Waals surface area contributed by atoms with Gasteiger partial charge in [-0.25, -0.2) is 13.2 Å². The number of nitrogens with zero attached hydrogens (tertiary/aromatic N) is 1. The quantitative estimate of drug-likeness (QED) is 0.595. The van der Waals surface area contributed by atoms with Gasteiger partial charge in [0.05, 0.1) is 0 Å². The molecule has 3 fully saturated rings. The lowest BCUT2D eigenvalue weighted by Gasteiger charge is -2.54. The Labute approximate surface area is 181 Å². The van der Waals surface area contributed by atoms with E-state index in [1.54, 1.807) is 6.07 Å². The Kier molecular flexibility index (Phi) is 6.36. The lowest BCUT2D eigenvalue weighted by atomic mass is 9.65. The first-order valence-corrected chi connectivity index (χ1v) is 11.5. The molecule has 7 heteroatoms. The summed E-state index contributed by atoms with van der Waals surface area (Å²) >= 11 is 5.86. The standard InChI is InChI=1S/C23H30ClF3N2O/c24-18-11-19(25)13-20(12-18)28-21(30)17-3-6-22(7-4-17)14-29(15-22)10-5-16-1-8-23(26,27)9-2-16/h11-13,16-17H,1-10,14-15H2,(H,28,30). The summed E-state index contributed by atoms with van der Waals surface area (Å²) in [5, 5.41) is 3.07. The van der Waals surface area contributed by atoms with Gasteiger partial charge in [-0.05, 0) is 81.0 Å². The van der Waals surface area contributed by atoms with Gasteiger partial charge in [0.25, 0.3) is 0 Å². The predicted molar refractivity (Wildman–Crippen MR) is 112 cm³/mol. The van der Waals surface area contributed by atoms with Crippen LogP contribution in [0.3, 0.4) is 0 Å². The molecule has 0 unspecified atom stereocenters. The van der Waals surface area contributed by atoms with Crippen molar-refractivity contribution in [2.24, 2.45) is 17.3 Å². The van der Waals surface area contributed by atoms with Crippen LogP contribution < -0.4 is 5.32 Å². The molecule has 1 amide bonds. The van der Waals surface area contributed by atoms with Crippen LogP contribution in [0.25, 0.3) is 0 Å². The van der Waals surface area contributed by atoms with E-state index in [0.29, 0.717) is 29.9 Å². The molecule has 166 valence electrons. The third kappa shape index (κ3) is 5.31. The first kappa shape index (κ1) is 21.9. The van der Waals surface area contributed by atoms with E-state index in [1.165, 1.54) is 12.1 Å². The van der Waals surface area contributed by atoms with Crippen LogP contribution in [0.1, 0.15) is 57.8 Å². The Balaban J connectivity index is 1.17. The molecule has 2 saturated carbocycles. The van der Waals surface area contributed by atoms with Gasteiger partial charge in [-0.15, -0.1) is 0 Å². The minimum absolute atomic E-state index is 0.0457. The molecule has 0 bridgehead atoms. The minimum atomic E-state index is -2.44. The molecule has 1 heterocycles. The molecule has 2 aliphatic carbocycles. The maximum atomic E-state index is 13.5. The van der Waals surface area contributed by atoms with Crippen molar-refractivity contribution in [3.8, 4) is 0 Å². The lowest BCUT2D eigenvalue weighted by molar-refractivity contribution is -0.123. The summed E-state index contributed by atoms with van der Waals surface area (Å²) in [6.07, 6.45) is 6.18. The van der Waals surface area contributed by atoms with Gasteiger partial charge >= 0.3 is 0 Å². The highest BCUT2D eigenvalue weighted by Gasteiger charge is 2.46. The Morgan fingerprint density at radius 1 is 1.07 bits per heavy atom. The molecule has 3 aliphatic rings. The molecule has 1 N–H and O–H groups in total. The predicted octanol–water partition coefficient (Wildman–Crippen LogP) is 6.13. The second kappa shape index (κ2) is 8.70. The average molecular weight is 443 g/mol. The molecule has 1 aliphatic heterocycles. The number of likely N-dealkylation sites (tertiary alicyclic amines) is 1. The SMILES string of the molecule is O=C(Nc1cc(F)cc(Cl)c1)C1CCC2(CC1)CN(CCC1CCC(F)(F)CC1)C2. The van der Waals surface area contributed by atoms with E-state index < -0.39 is 11.7 Å².